The fourth-order valence-corrected chi connectivity index (χ4v) is 1.82. The minimum atomic E-state index is 0.771. The summed E-state index contributed by atoms with van der Waals surface area (Å²) in [5, 5.41) is 0. The maximum atomic E-state index is 5.59. The summed E-state index contributed by atoms with van der Waals surface area (Å²) in [6.45, 7) is 0. The van der Waals surface area contributed by atoms with Gasteiger partial charge >= 0.3 is 0 Å². The molecule has 1 aliphatic rings. The lowest BCUT2D eigenvalue weighted by Crippen LogP contribution is -1.96. The fraction of sp³-hybridized carbons (Fsp3) is 0.385. The Labute approximate surface area is 90.7 Å². The summed E-state index contributed by atoms with van der Waals surface area (Å²) >= 11 is 0. The maximum absolute atomic E-state index is 5.59. The molecule has 1 aromatic rings. The lowest BCUT2D eigenvalue weighted by molar-refractivity contribution is 0.459. The zero-order valence-electron chi connectivity index (χ0n) is 8.91. The number of rotatable bonds is 2. The van der Waals surface area contributed by atoms with Crippen molar-refractivity contribution >= 4 is 5.69 Å². The smallest absolute Gasteiger partial charge is 0.126 e. The van der Waals surface area contributed by atoms with Gasteiger partial charge < -0.3 is 10.5 Å². The van der Waals surface area contributed by atoms with Crippen molar-refractivity contribution in [1.29, 1.82) is 0 Å². The Balaban J connectivity index is 1.94. The first kappa shape index (κ1) is 10.1. The topological polar surface area (TPSA) is 35.2 Å². The third-order valence-electron chi connectivity index (χ3n) is 2.74. The van der Waals surface area contributed by atoms with E-state index in [0.717, 1.165) is 11.4 Å². The molecular formula is C13H17NO. The van der Waals surface area contributed by atoms with Crippen molar-refractivity contribution < 1.29 is 4.74 Å². The average Bonchev–Trinajstić information content (AvgIpc) is 2.30. The van der Waals surface area contributed by atoms with Crippen LogP contribution in [-0.2, 0) is 0 Å². The molecule has 1 aliphatic carbocycles. The molecule has 0 saturated heterocycles. The number of benzene rings is 1. The lowest BCUT2D eigenvalue weighted by Gasteiger charge is -2.13. The molecule has 1 fully saturated rings. The molecule has 0 heterocycles. The Morgan fingerprint density at radius 3 is 2.33 bits per heavy atom. The minimum absolute atomic E-state index is 0.771. The van der Waals surface area contributed by atoms with Crippen LogP contribution in [0.2, 0.25) is 0 Å². The predicted octanol–water partition coefficient (Wildman–Crippen LogP) is 3.50. The molecule has 1 aromatic carbocycles. The van der Waals surface area contributed by atoms with Crippen molar-refractivity contribution in [3.8, 4) is 5.75 Å². The minimum Gasteiger partial charge on any atom is -0.465 e. The Morgan fingerprint density at radius 1 is 1.00 bits per heavy atom. The molecule has 2 nitrogen and oxygen atoms in total. The van der Waals surface area contributed by atoms with Gasteiger partial charge in [-0.15, -0.1) is 0 Å². The molecule has 0 amide bonds. The molecule has 15 heavy (non-hydrogen) atoms. The second kappa shape index (κ2) is 4.87. The average molecular weight is 203 g/mol. The summed E-state index contributed by atoms with van der Waals surface area (Å²) in [5.41, 5.74) is 7.79. The van der Waals surface area contributed by atoms with Gasteiger partial charge in [0.05, 0.1) is 6.26 Å². The maximum Gasteiger partial charge on any atom is 0.126 e. The van der Waals surface area contributed by atoms with Gasteiger partial charge in [0.1, 0.15) is 5.75 Å². The molecule has 2 N–H and O–H groups in total. The molecule has 0 bridgehead atoms. The Hall–Kier alpha value is -1.44. The van der Waals surface area contributed by atoms with E-state index in [1.165, 1.54) is 37.7 Å². The molecule has 0 aromatic heterocycles. The molecule has 1 saturated carbocycles. The summed E-state index contributed by atoms with van der Waals surface area (Å²) < 4.78 is 5.58. The first-order valence-electron chi connectivity index (χ1n) is 5.55. The van der Waals surface area contributed by atoms with Crippen molar-refractivity contribution in [1.82, 2.24) is 0 Å². The van der Waals surface area contributed by atoms with Crippen LogP contribution in [0.5, 0.6) is 5.75 Å². The summed E-state index contributed by atoms with van der Waals surface area (Å²) in [6, 6.07) is 7.51. The van der Waals surface area contributed by atoms with Crippen LogP contribution in [-0.4, -0.2) is 0 Å². The van der Waals surface area contributed by atoms with Crippen molar-refractivity contribution in [2.24, 2.45) is 0 Å². The van der Waals surface area contributed by atoms with E-state index in [9.17, 15) is 0 Å². The van der Waals surface area contributed by atoms with Gasteiger partial charge in [-0.3, -0.25) is 0 Å². The summed E-state index contributed by atoms with van der Waals surface area (Å²) in [4.78, 5) is 0. The van der Waals surface area contributed by atoms with E-state index >= 15 is 0 Å². The quantitative estimate of drug-likeness (QED) is 0.589. The van der Waals surface area contributed by atoms with Gasteiger partial charge in [-0.1, -0.05) is 6.42 Å². The fourth-order valence-electron chi connectivity index (χ4n) is 1.82. The van der Waals surface area contributed by atoms with Crippen LogP contribution in [0, 0.1) is 0 Å². The first-order chi connectivity index (χ1) is 7.34. The van der Waals surface area contributed by atoms with Crippen molar-refractivity contribution in [2.75, 3.05) is 5.73 Å². The van der Waals surface area contributed by atoms with E-state index in [-0.39, 0.29) is 0 Å². The van der Waals surface area contributed by atoms with Crippen LogP contribution in [0.1, 0.15) is 32.1 Å². The van der Waals surface area contributed by atoms with Gasteiger partial charge in [0.25, 0.3) is 0 Å². The monoisotopic (exact) mass is 203 g/mol. The molecule has 0 radical (unpaired) electrons. The zero-order chi connectivity index (χ0) is 10.5. The van der Waals surface area contributed by atoms with Gasteiger partial charge in [0, 0.05) is 5.69 Å². The Bertz CT molecular complexity index is 332. The van der Waals surface area contributed by atoms with E-state index in [4.69, 9.17) is 10.5 Å². The van der Waals surface area contributed by atoms with Crippen LogP contribution < -0.4 is 10.5 Å². The third kappa shape index (κ3) is 3.01. The predicted molar refractivity (Wildman–Crippen MR) is 62.7 cm³/mol. The molecule has 2 heteroatoms. The van der Waals surface area contributed by atoms with Gasteiger partial charge in [-0.2, -0.15) is 0 Å². The van der Waals surface area contributed by atoms with Crippen LogP contribution in [0.3, 0.4) is 0 Å². The largest absolute Gasteiger partial charge is 0.465 e. The van der Waals surface area contributed by atoms with Crippen molar-refractivity contribution in [2.45, 2.75) is 32.1 Å². The van der Waals surface area contributed by atoms with E-state index in [1.807, 2.05) is 30.5 Å². The standard InChI is InChI=1S/C13H17NO/c14-12-6-8-13(9-7-12)15-10-11-4-2-1-3-5-11/h6-10H,1-5,14H2. The molecule has 80 valence electrons. The number of nitrogens with two attached hydrogens (primary N) is 1. The number of nitrogen functional groups attached to an aromatic ring is 1. The van der Waals surface area contributed by atoms with Crippen LogP contribution in [0.15, 0.2) is 36.1 Å². The molecule has 0 aliphatic heterocycles. The molecule has 0 atom stereocenters. The summed E-state index contributed by atoms with van der Waals surface area (Å²) in [7, 11) is 0. The van der Waals surface area contributed by atoms with Crippen molar-refractivity contribution in [3.63, 3.8) is 0 Å². The number of hydrogen-bond acceptors (Lipinski definition) is 2. The van der Waals surface area contributed by atoms with E-state index in [1.54, 1.807) is 0 Å². The van der Waals surface area contributed by atoms with E-state index in [0.29, 0.717) is 0 Å². The highest BCUT2D eigenvalue weighted by atomic mass is 16.5. The second-order valence-electron chi connectivity index (χ2n) is 4.02. The normalized spacial score (nSPS) is 16.1. The highest BCUT2D eigenvalue weighted by molar-refractivity contribution is 5.41. The van der Waals surface area contributed by atoms with Crippen molar-refractivity contribution in [3.05, 3.63) is 36.1 Å². The zero-order valence-corrected chi connectivity index (χ0v) is 8.91. The highest BCUT2D eigenvalue weighted by Crippen LogP contribution is 2.23. The first-order valence-corrected chi connectivity index (χ1v) is 5.55. The van der Waals surface area contributed by atoms with Crippen LogP contribution in [0.4, 0.5) is 5.69 Å². The van der Waals surface area contributed by atoms with Gasteiger partial charge in [0.15, 0.2) is 0 Å². The van der Waals surface area contributed by atoms with Crippen LogP contribution in [0.25, 0.3) is 0 Å². The van der Waals surface area contributed by atoms with Gasteiger partial charge in [-0.05, 0) is 55.5 Å². The summed E-state index contributed by atoms with van der Waals surface area (Å²) in [5.74, 6) is 0.863. The van der Waals surface area contributed by atoms with Gasteiger partial charge in [0.2, 0.25) is 0 Å². The SMILES string of the molecule is Nc1ccc(OC=C2CCCCC2)cc1. The number of anilines is 1. The van der Waals surface area contributed by atoms with E-state index < -0.39 is 0 Å². The lowest BCUT2D eigenvalue weighted by atomic mass is 9.96. The van der Waals surface area contributed by atoms with Crippen LogP contribution >= 0.6 is 0 Å². The second-order valence-corrected chi connectivity index (χ2v) is 4.02. The number of allylic oxidation sites excluding steroid dienone is 1. The van der Waals surface area contributed by atoms with Gasteiger partial charge in [-0.25, -0.2) is 0 Å². The molecule has 2 rings (SSSR count). The van der Waals surface area contributed by atoms with E-state index in [2.05, 4.69) is 0 Å². The third-order valence-corrected chi connectivity index (χ3v) is 2.74. The Morgan fingerprint density at radius 2 is 1.67 bits per heavy atom. The summed E-state index contributed by atoms with van der Waals surface area (Å²) in [6.07, 6.45) is 8.25. The Kier molecular flexibility index (Phi) is 3.28. The number of hydrogen-bond donors (Lipinski definition) is 1. The molecule has 0 unspecified atom stereocenters. The molecular weight excluding hydrogens is 186 g/mol. The molecule has 0 spiro atoms. The highest BCUT2D eigenvalue weighted by Gasteiger charge is 2.05. The number of ether oxygens (including phenoxy) is 1.